The third-order valence-corrected chi connectivity index (χ3v) is 4.60. The summed E-state index contributed by atoms with van der Waals surface area (Å²) in [6.45, 7) is 4.63. The zero-order valence-electron chi connectivity index (χ0n) is 14.0. The Morgan fingerprint density at radius 2 is 1.75 bits per heavy atom. The van der Waals surface area contributed by atoms with E-state index in [0.717, 1.165) is 34.6 Å². The van der Waals surface area contributed by atoms with Gasteiger partial charge in [0.05, 0.1) is 6.61 Å². The number of hydrogen-bond donors (Lipinski definition) is 0. The molecular weight excluding hydrogens is 318 g/mol. The lowest BCUT2D eigenvalue weighted by Gasteiger charge is -2.09. The molecular formula is C19H21N3OS. The van der Waals surface area contributed by atoms with Crippen LogP contribution in [0.1, 0.15) is 18.3 Å². The molecule has 1 aromatic heterocycles. The van der Waals surface area contributed by atoms with Crippen LogP contribution in [0.25, 0.3) is 5.69 Å². The van der Waals surface area contributed by atoms with Crippen molar-refractivity contribution >= 4 is 11.8 Å². The van der Waals surface area contributed by atoms with Gasteiger partial charge in [-0.3, -0.25) is 4.57 Å². The standard InChI is InChI=1S/C19H21N3OS/c1-3-23-18-11-9-17(10-12-18)22-15(2)20-21-19(22)24-14-13-16-7-5-4-6-8-16/h4-12H,3,13-14H2,1-2H3. The van der Waals surface area contributed by atoms with E-state index >= 15 is 0 Å². The SMILES string of the molecule is CCOc1ccc(-n2c(C)nnc2SCCc2ccccc2)cc1. The maximum absolute atomic E-state index is 5.51. The molecule has 3 aromatic rings. The van der Waals surface area contributed by atoms with Crippen molar-refractivity contribution in [3.63, 3.8) is 0 Å². The summed E-state index contributed by atoms with van der Waals surface area (Å²) in [5, 5.41) is 9.49. The maximum Gasteiger partial charge on any atom is 0.195 e. The molecule has 0 amide bonds. The molecule has 2 aromatic carbocycles. The second kappa shape index (κ2) is 8.02. The molecule has 0 spiro atoms. The summed E-state index contributed by atoms with van der Waals surface area (Å²) in [6, 6.07) is 18.6. The lowest BCUT2D eigenvalue weighted by atomic mass is 10.2. The molecule has 3 rings (SSSR count). The average Bonchev–Trinajstić information content (AvgIpc) is 2.98. The van der Waals surface area contributed by atoms with Crippen molar-refractivity contribution in [1.82, 2.24) is 14.8 Å². The van der Waals surface area contributed by atoms with E-state index in [0.29, 0.717) is 6.61 Å². The van der Waals surface area contributed by atoms with Gasteiger partial charge in [-0.15, -0.1) is 10.2 Å². The van der Waals surface area contributed by atoms with E-state index in [-0.39, 0.29) is 0 Å². The summed E-state index contributed by atoms with van der Waals surface area (Å²) in [7, 11) is 0. The lowest BCUT2D eigenvalue weighted by molar-refractivity contribution is 0.340. The topological polar surface area (TPSA) is 39.9 Å². The van der Waals surface area contributed by atoms with Gasteiger partial charge in [0.15, 0.2) is 5.16 Å². The molecule has 0 saturated heterocycles. The number of aryl methyl sites for hydroxylation is 2. The Hall–Kier alpha value is -2.27. The second-order valence-electron chi connectivity index (χ2n) is 5.38. The normalized spacial score (nSPS) is 10.8. The lowest BCUT2D eigenvalue weighted by Crippen LogP contribution is -2.00. The molecule has 0 N–H and O–H groups in total. The predicted molar refractivity (Wildman–Crippen MR) is 98.1 cm³/mol. The first kappa shape index (κ1) is 16.6. The van der Waals surface area contributed by atoms with Crippen molar-refractivity contribution < 1.29 is 4.74 Å². The minimum Gasteiger partial charge on any atom is -0.494 e. The summed E-state index contributed by atoms with van der Waals surface area (Å²) >= 11 is 1.73. The highest BCUT2D eigenvalue weighted by atomic mass is 32.2. The van der Waals surface area contributed by atoms with Crippen LogP contribution < -0.4 is 4.74 Å². The molecule has 0 aliphatic heterocycles. The number of thioether (sulfide) groups is 1. The number of nitrogens with zero attached hydrogens (tertiary/aromatic N) is 3. The van der Waals surface area contributed by atoms with Crippen LogP contribution in [-0.4, -0.2) is 27.1 Å². The van der Waals surface area contributed by atoms with Gasteiger partial charge in [-0.05, 0) is 50.1 Å². The molecule has 4 nitrogen and oxygen atoms in total. The number of ether oxygens (including phenoxy) is 1. The molecule has 0 aliphatic rings. The summed E-state index contributed by atoms with van der Waals surface area (Å²) in [5.41, 5.74) is 2.40. The van der Waals surface area contributed by atoms with Crippen LogP contribution in [0, 0.1) is 6.92 Å². The van der Waals surface area contributed by atoms with Gasteiger partial charge < -0.3 is 4.74 Å². The highest BCUT2D eigenvalue weighted by Gasteiger charge is 2.11. The first-order valence-electron chi connectivity index (χ1n) is 8.10. The molecule has 5 heteroatoms. The van der Waals surface area contributed by atoms with E-state index in [4.69, 9.17) is 4.74 Å². The van der Waals surface area contributed by atoms with Crippen LogP contribution in [0.3, 0.4) is 0 Å². The van der Waals surface area contributed by atoms with Gasteiger partial charge in [-0.1, -0.05) is 42.1 Å². The summed E-state index contributed by atoms with van der Waals surface area (Å²) in [5.74, 6) is 2.74. The van der Waals surface area contributed by atoms with E-state index in [2.05, 4.69) is 39.0 Å². The van der Waals surface area contributed by atoms with Gasteiger partial charge in [0.2, 0.25) is 0 Å². The van der Waals surface area contributed by atoms with Crippen LogP contribution in [0.15, 0.2) is 59.8 Å². The maximum atomic E-state index is 5.51. The fraction of sp³-hybridized carbons (Fsp3) is 0.263. The third-order valence-electron chi connectivity index (χ3n) is 3.67. The Morgan fingerprint density at radius 3 is 2.46 bits per heavy atom. The predicted octanol–water partition coefficient (Wildman–Crippen LogP) is 4.31. The van der Waals surface area contributed by atoms with Crippen LogP contribution >= 0.6 is 11.8 Å². The van der Waals surface area contributed by atoms with Crippen molar-refractivity contribution in [3.05, 3.63) is 66.0 Å². The molecule has 0 saturated carbocycles. The quantitative estimate of drug-likeness (QED) is 0.601. The van der Waals surface area contributed by atoms with E-state index in [1.807, 2.05) is 44.2 Å². The van der Waals surface area contributed by atoms with Crippen molar-refractivity contribution in [3.8, 4) is 11.4 Å². The number of rotatable bonds is 7. The van der Waals surface area contributed by atoms with Crippen LogP contribution in [0.5, 0.6) is 5.75 Å². The molecule has 0 aliphatic carbocycles. The molecule has 24 heavy (non-hydrogen) atoms. The minimum absolute atomic E-state index is 0.672. The highest BCUT2D eigenvalue weighted by Crippen LogP contribution is 2.24. The summed E-state index contributed by atoms with van der Waals surface area (Å²) < 4.78 is 7.60. The van der Waals surface area contributed by atoms with Gasteiger partial charge in [0.1, 0.15) is 11.6 Å². The third kappa shape index (κ3) is 3.97. The van der Waals surface area contributed by atoms with E-state index in [1.165, 1.54) is 5.56 Å². The van der Waals surface area contributed by atoms with Crippen LogP contribution in [0.2, 0.25) is 0 Å². The fourth-order valence-electron chi connectivity index (χ4n) is 2.50. The molecule has 0 fully saturated rings. The van der Waals surface area contributed by atoms with Crippen molar-refractivity contribution in [2.45, 2.75) is 25.4 Å². The van der Waals surface area contributed by atoms with Crippen molar-refractivity contribution in [2.75, 3.05) is 12.4 Å². The minimum atomic E-state index is 0.672. The van der Waals surface area contributed by atoms with Gasteiger partial charge in [-0.25, -0.2) is 0 Å². The molecule has 0 atom stereocenters. The first-order valence-corrected chi connectivity index (χ1v) is 9.08. The Labute approximate surface area is 146 Å². The van der Waals surface area contributed by atoms with Crippen LogP contribution in [-0.2, 0) is 6.42 Å². The van der Waals surface area contributed by atoms with Gasteiger partial charge in [0, 0.05) is 11.4 Å². The van der Waals surface area contributed by atoms with E-state index in [9.17, 15) is 0 Å². The molecule has 0 unspecified atom stereocenters. The number of hydrogen-bond acceptors (Lipinski definition) is 4. The average molecular weight is 339 g/mol. The van der Waals surface area contributed by atoms with Gasteiger partial charge >= 0.3 is 0 Å². The molecule has 0 bridgehead atoms. The monoisotopic (exact) mass is 339 g/mol. The molecule has 124 valence electrons. The Kier molecular flexibility index (Phi) is 5.54. The zero-order chi connectivity index (χ0) is 16.8. The van der Waals surface area contributed by atoms with E-state index < -0.39 is 0 Å². The molecule has 1 heterocycles. The van der Waals surface area contributed by atoms with Crippen molar-refractivity contribution in [2.24, 2.45) is 0 Å². The summed E-state index contributed by atoms with van der Waals surface area (Å²) in [4.78, 5) is 0. The Bertz CT molecular complexity index is 769. The first-order chi connectivity index (χ1) is 11.8. The van der Waals surface area contributed by atoms with Gasteiger partial charge in [-0.2, -0.15) is 0 Å². The number of aromatic nitrogens is 3. The fourth-order valence-corrected chi connectivity index (χ4v) is 3.48. The Balaban J connectivity index is 1.71. The van der Waals surface area contributed by atoms with Crippen molar-refractivity contribution in [1.29, 1.82) is 0 Å². The molecule has 0 radical (unpaired) electrons. The zero-order valence-corrected chi connectivity index (χ0v) is 14.8. The summed E-state index contributed by atoms with van der Waals surface area (Å²) in [6.07, 6.45) is 1.01. The number of benzene rings is 2. The highest BCUT2D eigenvalue weighted by molar-refractivity contribution is 7.99. The second-order valence-corrected chi connectivity index (χ2v) is 6.44. The van der Waals surface area contributed by atoms with Crippen LogP contribution in [0.4, 0.5) is 0 Å². The van der Waals surface area contributed by atoms with E-state index in [1.54, 1.807) is 11.8 Å². The Morgan fingerprint density at radius 1 is 1.00 bits per heavy atom. The smallest absolute Gasteiger partial charge is 0.195 e. The van der Waals surface area contributed by atoms with Gasteiger partial charge in [0.25, 0.3) is 0 Å². The largest absolute Gasteiger partial charge is 0.494 e.